The molecule has 0 radical (unpaired) electrons. The van der Waals surface area contributed by atoms with Gasteiger partial charge in [0.25, 0.3) is 10.0 Å². The number of piperidine rings is 1. The van der Waals surface area contributed by atoms with E-state index in [1.165, 1.54) is 0 Å². The zero-order chi connectivity index (χ0) is 30.6. The maximum absolute atomic E-state index is 13.8. The third-order valence-electron chi connectivity index (χ3n) is 9.59. The first kappa shape index (κ1) is 34.2. The highest BCUT2D eigenvalue weighted by Crippen LogP contribution is 2.36. The Labute approximate surface area is 268 Å². The molecule has 11 heteroatoms. The van der Waals surface area contributed by atoms with E-state index in [0.29, 0.717) is 44.7 Å². The van der Waals surface area contributed by atoms with Gasteiger partial charge >= 0.3 is 0 Å². The number of carbonyl (C=O) groups excluding carboxylic acids is 2. The van der Waals surface area contributed by atoms with Gasteiger partial charge in [-0.2, -0.15) is 0 Å². The van der Waals surface area contributed by atoms with Gasteiger partial charge in [-0.25, -0.2) is 8.42 Å². The number of rotatable bonds is 10. The number of hydrogen-bond acceptors (Lipinski definition) is 6. The van der Waals surface area contributed by atoms with Crippen LogP contribution in [0.2, 0.25) is 0 Å². The van der Waals surface area contributed by atoms with Crippen LogP contribution < -0.4 is 10.0 Å². The molecule has 2 amide bonds. The number of benzene rings is 2. The van der Waals surface area contributed by atoms with Gasteiger partial charge in [0.15, 0.2) is 0 Å². The van der Waals surface area contributed by atoms with Gasteiger partial charge in [-0.15, -0.1) is 12.4 Å². The molecule has 5 rings (SSSR count). The topological polar surface area (TPSA) is 119 Å². The second kappa shape index (κ2) is 14.6. The molecule has 1 saturated carbocycles. The lowest BCUT2D eigenvalue weighted by atomic mass is 9.78. The number of aryl methyl sites for hydroxylation is 1. The van der Waals surface area contributed by atoms with E-state index >= 15 is 0 Å². The average molecular weight is 647 g/mol. The summed E-state index contributed by atoms with van der Waals surface area (Å²) < 4.78 is 28.1. The SMILES string of the molecule is CCCCN1C(=O)[C@@H]([C@H](O)C2CCCCC2)NC(=O)C12CCN(Cc1ccc(NS(=O)(=O)c3ccc(C)cc3)cc1)CC2.Cl. The highest BCUT2D eigenvalue weighted by atomic mass is 35.5. The van der Waals surface area contributed by atoms with Crippen LogP contribution in [-0.2, 0) is 26.2 Å². The molecular weight excluding hydrogens is 600 g/mol. The first-order valence-corrected chi connectivity index (χ1v) is 17.3. The van der Waals surface area contributed by atoms with Crippen molar-refractivity contribution >= 4 is 39.9 Å². The Hall–Kier alpha value is -2.66. The molecule has 1 spiro atoms. The summed E-state index contributed by atoms with van der Waals surface area (Å²) in [4.78, 5) is 31.9. The number of aliphatic hydroxyl groups is 1. The lowest BCUT2D eigenvalue weighted by Crippen LogP contribution is -2.75. The Kier molecular flexibility index (Phi) is 11.4. The molecule has 242 valence electrons. The Balaban J connectivity index is 0.00000442. The predicted molar refractivity (Wildman–Crippen MR) is 174 cm³/mol. The number of nitrogens with zero attached hydrogens (tertiary/aromatic N) is 2. The maximum atomic E-state index is 13.8. The number of likely N-dealkylation sites (tertiary alicyclic amines) is 1. The van der Waals surface area contributed by atoms with Crippen molar-refractivity contribution < 1.29 is 23.1 Å². The Morgan fingerprint density at radius 3 is 2.25 bits per heavy atom. The third kappa shape index (κ3) is 7.41. The van der Waals surface area contributed by atoms with Crippen LogP contribution >= 0.6 is 12.4 Å². The lowest BCUT2D eigenvalue weighted by molar-refractivity contribution is -0.166. The number of sulfonamides is 1. The zero-order valence-electron chi connectivity index (χ0n) is 25.8. The summed E-state index contributed by atoms with van der Waals surface area (Å²) in [6.07, 6.45) is 7.03. The first-order valence-electron chi connectivity index (χ1n) is 15.8. The molecular formula is C33H47ClN4O5S. The summed E-state index contributed by atoms with van der Waals surface area (Å²) >= 11 is 0. The zero-order valence-corrected chi connectivity index (χ0v) is 27.5. The number of carbonyl (C=O) groups is 2. The number of anilines is 1. The summed E-state index contributed by atoms with van der Waals surface area (Å²) in [5, 5.41) is 14.1. The Bertz CT molecular complexity index is 1370. The fraction of sp³-hybridized carbons (Fsp3) is 0.576. The Morgan fingerprint density at radius 2 is 1.64 bits per heavy atom. The molecule has 2 saturated heterocycles. The van der Waals surface area contributed by atoms with E-state index in [-0.39, 0.29) is 35.0 Å². The second-order valence-electron chi connectivity index (χ2n) is 12.6. The molecule has 3 aliphatic rings. The number of piperazine rings is 1. The van der Waals surface area contributed by atoms with Crippen molar-refractivity contribution in [3.05, 3.63) is 59.7 Å². The molecule has 3 N–H and O–H groups in total. The van der Waals surface area contributed by atoms with Crippen LogP contribution in [0.3, 0.4) is 0 Å². The van der Waals surface area contributed by atoms with Crippen LogP contribution in [0.1, 0.15) is 75.8 Å². The van der Waals surface area contributed by atoms with Crippen LogP contribution in [0.15, 0.2) is 53.4 Å². The molecule has 2 atom stereocenters. The molecule has 44 heavy (non-hydrogen) atoms. The van der Waals surface area contributed by atoms with Gasteiger partial charge in [-0.05, 0) is 74.8 Å². The van der Waals surface area contributed by atoms with E-state index in [4.69, 9.17) is 0 Å². The van der Waals surface area contributed by atoms with Crippen molar-refractivity contribution in [3.63, 3.8) is 0 Å². The smallest absolute Gasteiger partial charge is 0.261 e. The fourth-order valence-electron chi connectivity index (χ4n) is 6.90. The molecule has 0 bridgehead atoms. The normalized spacial score (nSPS) is 21.9. The van der Waals surface area contributed by atoms with Gasteiger partial charge in [-0.1, -0.05) is 62.4 Å². The average Bonchev–Trinajstić information content (AvgIpc) is 3.01. The van der Waals surface area contributed by atoms with Gasteiger partial charge in [0.2, 0.25) is 11.8 Å². The molecule has 0 unspecified atom stereocenters. The van der Waals surface area contributed by atoms with Crippen molar-refractivity contribution in [3.8, 4) is 0 Å². The molecule has 2 heterocycles. The van der Waals surface area contributed by atoms with Crippen molar-refractivity contribution in [1.29, 1.82) is 0 Å². The number of nitrogens with one attached hydrogen (secondary N) is 2. The number of amides is 2. The van der Waals surface area contributed by atoms with Crippen molar-refractivity contribution in [2.24, 2.45) is 5.92 Å². The van der Waals surface area contributed by atoms with E-state index in [1.807, 2.05) is 19.1 Å². The summed E-state index contributed by atoms with van der Waals surface area (Å²) in [6, 6.07) is 13.2. The molecule has 3 fully saturated rings. The second-order valence-corrected chi connectivity index (χ2v) is 14.3. The van der Waals surface area contributed by atoms with Gasteiger partial charge in [0.05, 0.1) is 11.0 Å². The minimum atomic E-state index is -3.67. The summed E-state index contributed by atoms with van der Waals surface area (Å²) in [6.45, 7) is 6.49. The van der Waals surface area contributed by atoms with E-state index < -0.39 is 27.7 Å². The van der Waals surface area contributed by atoms with Gasteiger partial charge in [0, 0.05) is 31.9 Å². The third-order valence-corrected chi connectivity index (χ3v) is 11.0. The molecule has 9 nitrogen and oxygen atoms in total. The number of halogens is 1. The van der Waals surface area contributed by atoms with Crippen LogP contribution in [0.5, 0.6) is 0 Å². The minimum absolute atomic E-state index is 0. The van der Waals surface area contributed by atoms with Crippen LogP contribution in [0.4, 0.5) is 5.69 Å². The van der Waals surface area contributed by atoms with E-state index in [0.717, 1.165) is 56.1 Å². The Morgan fingerprint density at radius 1 is 1.00 bits per heavy atom. The van der Waals surface area contributed by atoms with Gasteiger partial charge < -0.3 is 15.3 Å². The molecule has 2 aromatic rings. The van der Waals surface area contributed by atoms with Crippen LogP contribution in [-0.4, -0.2) is 72.5 Å². The lowest BCUT2D eigenvalue weighted by Gasteiger charge is -2.52. The van der Waals surface area contributed by atoms with E-state index in [9.17, 15) is 23.1 Å². The van der Waals surface area contributed by atoms with Crippen molar-refractivity contribution in [1.82, 2.24) is 15.1 Å². The number of unbranched alkanes of at least 4 members (excludes halogenated alkanes) is 1. The van der Waals surface area contributed by atoms with E-state index in [1.54, 1.807) is 41.3 Å². The van der Waals surface area contributed by atoms with Crippen LogP contribution in [0, 0.1) is 12.8 Å². The summed E-state index contributed by atoms with van der Waals surface area (Å²) in [5.41, 5.74) is 1.64. The maximum Gasteiger partial charge on any atom is 0.261 e. The molecule has 1 aliphatic carbocycles. The standard InChI is InChI=1S/C33H46N4O5S.ClH/c1-3-4-20-37-31(39)29(30(38)26-8-6-5-7-9-26)34-32(40)33(37)18-21-36(22-19-33)23-25-12-14-27(15-13-25)35-43(41,42)28-16-10-24(2)11-17-28;/h10-17,26,29-30,35,38H,3-9,18-23H2,1-2H3,(H,34,40);1H/t29-,30-;/m1./s1. The van der Waals surface area contributed by atoms with Crippen molar-refractivity contribution in [2.45, 2.75) is 101 Å². The molecule has 2 aromatic carbocycles. The highest BCUT2D eigenvalue weighted by molar-refractivity contribution is 7.92. The summed E-state index contributed by atoms with van der Waals surface area (Å²) in [7, 11) is -3.67. The quantitative estimate of drug-likeness (QED) is 0.347. The minimum Gasteiger partial charge on any atom is -0.390 e. The van der Waals surface area contributed by atoms with E-state index in [2.05, 4.69) is 21.9 Å². The predicted octanol–water partition coefficient (Wildman–Crippen LogP) is 4.62. The number of aliphatic hydroxyl groups excluding tert-OH is 1. The van der Waals surface area contributed by atoms with Crippen LogP contribution in [0.25, 0.3) is 0 Å². The highest BCUT2D eigenvalue weighted by Gasteiger charge is 2.55. The largest absolute Gasteiger partial charge is 0.390 e. The van der Waals surface area contributed by atoms with Gasteiger partial charge in [0.1, 0.15) is 11.6 Å². The first-order chi connectivity index (χ1) is 20.6. The number of hydrogen-bond donors (Lipinski definition) is 3. The van der Waals surface area contributed by atoms with Crippen molar-refractivity contribution in [2.75, 3.05) is 24.4 Å². The fourth-order valence-corrected chi connectivity index (χ4v) is 7.96. The summed E-state index contributed by atoms with van der Waals surface area (Å²) in [5.74, 6) is -0.215. The van der Waals surface area contributed by atoms with Gasteiger partial charge in [-0.3, -0.25) is 19.2 Å². The monoisotopic (exact) mass is 646 g/mol. The molecule has 2 aliphatic heterocycles. The molecule has 0 aromatic heterocycles.